The third-order valence-corrected chi connectivity index (χ3v) is 17.4. The minimum atomic E-state index is -1.77. The van der Waals surface area contributed by atoms with Crippen LogP contribution in [0.15, 0.2) is 121 Å². The molecule has 2 heterocycles. The number of benzene rings is 4. The summed E-state index contributed by atoms with van der Waals surface area (Å²) in [5.74, 6) is 1.60. The van der Waals surface area contributed by atoms with Crippen LogP contribution >= 0.6 is 22.7 Å². The molecule has 4 aromatic carbocycles. The maximum absolute atomic E-state index is 11.0. The Kier molecular flexibility index (Phi) is 18.3. The average Bonchev–Trinajstić information content (AvgIpc) is 3.96. The van der Waals surface area contributed by atoms with E-state index in [0.717, 1.165) is 78.9 Å². The van der Waals surface area contributed by atoms with Crippen LogP contribution in [0.3, 0.4) is 0 Å². The molecule has 0 amide bonds. The lowest BCUT2D eigenvalue weighted by Crippen LogP contribution is -2.42. The van der Waals surface area contributed by atoms with Crippen LogP contribution in [0.25, 0.3) is 24.3 Å². The van der Waals surface area contributed by atoms with Crippen LogP contribution in [-0.2, 0) is 17.6 Å². The second-order valence-corrected chi connectivity index (χ2v) is 23.7. The van der Waals surface area contributed by atoms with Gasteiger partial charge < -0.3 is 28.8 Å². The number of ether oxygens (including phenoxy) is 2. The van der Waals surface area contributed by atoms with Crippen molar-refractivity contribution in [1.29, 1.82) is 0 Å². The van der Waals surface area contributed by atoms with Gasteiger partial charge in [-0.25, -0.2) is 0 Å². The first-order chi connectivity index (χ1) is 30.3. The number of hydrogen-bond acceptors (Lipinski definition) is 10. The number of hydrogen-bond donors (Lipinski definition) is 1. The van der Waals surface area contributed by atoms with Gasteiger partial charge in [-0.15, -0.1) is 22.7 Å². The summed E-state index contributed by atoms with van der Waals surface area (Å²) in [5, 5.41) is 9.40. The quantitative estimate of drug-likeness (QED) is 0.0599. The zero-order valence-electron chi connectivity index (χ0n) is 37.5. The molecular formula is C52H60N2O6S2Si. The van der Waals surface area contributed by atoms with E-state index in [1.807, 2.05) is 127 Å². The Balaban J connectivity index is 0.000000243. The molecule has 0 saturated carbocycles. The van der Waals surface area contributed by atoms with Gasteiger partial charge in [-0.3, -0.25) is 9.59 Å². The van der Waals surface area contributed by atoms with Crippen molar-refractivity contribution in [2.45, 2.75) is 52.1 Å². The summed E-state index contributed by atoms with van der Waals surface area (Å²) >= 11 is 2.93. The zero-order chi connectivity index (χ0) is 45.2. The molecule has 0 radical (unpaired) electrons. The molecule has 2 aromatic heterocycles. The Labute approximate surface area is 382 Å². The number of rotatable bonds is 20. The number of aliphatic hydroxyl groups is 1. The first-order valence-corrected chi connectivity index (χ1v) is 25.6. The number of anilines is 2. The molecule has 6 aromatic rings. The van der Waals surface area contributed by atoms with Gasteiger partial charge in [0.25, 0.3) is 0 Å². The number of likely N-dealkylation sites (N-methyl/N-ethyl adjacent to an activating group) is 2. The second kappa shape index (κ2) is 23.8. The SMILES string of the molecule is CN(CCO)c1ccc(/C=C/c2ccc(C=O)s2)c(OCc2ccccc2)c1.CN(CCO[Si](C)(C)C(C)(C)C)c1ccc(/C=C/c2ccc(C=O)s2)c(OCc2ccccc2)c1. The highest BCUT2D eigenvalue weighted by Gasteiger charge is 2.37. The van der Waals surface area contributed by atoms with E-state index in [-0.39, 0.29) is 11.6 Å². The highest BCUT2D eigenvalue weighted by Crippen LogP contribution is 2.37. The van der Waals surface area contributed by atoms with Crippen molar-refractivity contribution >= 4 is 79.2 Å². The van der Waals surface area contributed by atoms with Crippen LogP contribution in [0.2, 0.25) is 18.1 Å². The van der Waals surface area contributed by atoms with Gasteiger partial charge >= 0.3 is 0 Å². The molecule has 6 rings (SSSR count). The van der Waals surface area contributed by atoms with E-state index in [4.69, 9.17) is 13.9 Å². The number of aldehydes is 2. The Morgan fingerprint density at radius 3 is 1.41 bits per heavy atom. The van der Waals surface area contributed by atoms with E-state index < -0.39 is 8.32 Å². The number of nitrogens with zero attached hydrogens (tertiary/aromatic N) is 2. The predicted molar refractivity (Wildman–Crippen MR) is 268 cm³/mol. The van der Waals surface area contributed by atoms with Gasteiger partial charge in [0.1, 0.15) is 24.7 Å². The maximum atomic E-state index is 11.0. The minimum Gasteiger partial charge on any atom is -0.488 e. The maximum Gasteiger partial charge on any atom is 0.192 e. The lowest BCUT2D eigenvalue weighted by atomic mass is 10.1. The Morgan fingerprint density at radius 2 is 1.02 bits per heavy atom. The van der Waals surface area contributed by atoms with Crippen molar-refractivity contribution in [2.24, 2.45) is 0 Å². The van der Waals surface area contributed by atoms with Gasteiger partial charge in [-0.1, -0.05) is 81.4 Å². The molecule has 0 spiro atoms. The molecule has 1 N–H and O–H groups in total. The predicted octanol–water partition coefficient (Wildman–Crippen LogP) is 12.5. The summed E-state index contributed by atoms with van der Waals surface area (Å²) in [6.07, 6.45) is 9.80. The van der Waals surface area contributed by atoms with Crippen LogP contribution in [0.1, 0.15) is 72.1 Å². The minimum absolute atomic E-state index is 0.0931. The fourth-order valence-corrected chi connectivity index (χ4v) is 8.46. The van der Waals surface area contributed by atoms with Gasteiger partial charge in [-0.2, -0.15) is 0 Å². The lowest BCUT2D eigenvalue weighted by Gasteiger charge is -2.36. The van der Waals surface area contributed by atoms with Crippen LogP contribution < -0.4 is 19.3 Å². The molecule has 0 atom stereocenters. The fraction of sp³-hybridized carbons (Fsp3) is 0.269. The van der Waals surface area contributed by atoms with E-state index >= 15 is 0 Å². The molecule has 0 unspecified atom stereocenters. The van der Waals surface area contributed by atoms with Crippen LogP contribution in [0.5, 0.6) is 11.5 Å². The molecule has 0 aliphatic carbocycles. The molecular weight excluding hydrogens is 841 g/mol. The third-order valence-electron chi connectivity index (χ3n) is 10.9. The van der Waals surface area contributed by atoms with Gasteiger partial charge in [0, 0.05) is 71.6 Å². The first-order valence-electron chi connectivity index (χ1n) is 21.0. The monoisotopic (exact) mass is 900 g/mol. The second-order valence-electron chi connectivity index (χ2n) is 16.6. The normalized spacial score (nSPS) is 11.6. The fourth-order valence-electron chi connectivity index (χ4n) is 5.97. The zero-order valence-corrected chi connectivity index (χ0v) is 40.1. The van der Waals surface area contributed by atoms with Crippen molar-refractivity contribution in [3.05, 3.63) is 163 Å². The van der Waals surface area contributed by atoms with Crippen LogP contribution in [0, 0.1) is 0 Å². The standard InChI is InChI=1S/C29H37NO3SSi.C23H23NO3S/c1-29(2,3)35(5,6)33-19-18-30(4)25-14-12-24(13-15-26-16-17-27(21-31)34-26)28(20-25)32-22-23-10-8-7-9-11-23;1-24(13-14-25)20-9-7-19(8-10-21-11-12-22(16-26)28-21)23(15-20)27-17-18-5-3-2-4-6-18/h7-17,20-21H,18-19,22H2,1-6H3;2-12,15-16,25H,13-14,17H2,1H3/b15-13+;10-8+. The Bertz CT molecular complexity index is 2400. The van der Waals surface area contributed by atoms with Crippen molar-refractivity contribution < 1.29 is 28.6 Å². The molecule has 0 bridgehead atoms. The van der Waals surface area contributed by atoms with E-state index in [1.165, 1.54) is 22.7 Å². The molecule has 63 heavy (non-hydrogen) atoms. The summed E-state index contributed by atoms with van der Waals surface area (Å²) in [6, 6.07) is 40.1. The topological polar surface area (TPSA) is 88.5 Å². The number of aliphatic hydroxyl groups excluding tert-OH is 1. The number of carbonyl (C=O) groups is 2. The van der Waals surface area contributed by atoms with Gasteiger partial charge in [0.15, 0.2) is 20.9 Å². The third kappa shape index (κ3) is 15.0. The molecule has 0 saturated heterocycles. The molecule has 330 valence electrons. The van der Waals surface area contributed by atoms with Crippen molar-refractivity contribution in [2.75, 3.05) is 50.2 Å². The number of thiophene rings is 2. The van der Waals surface area contributed by atoms with Crippen molar-refractivity contribution in [3.63, 3.8) is 0 Å². The van der Waals surface area contributed by atoms with Crippen LogP contribution in [-0.4, -0.2) is 66.4 Å². The smallest absolute Gasteiger partial charge is 0.192 e. The van der Waals surface area contributed by atoms with Gasteiger partial charge in [0.05, 0.1) is 23.0 Å². The molecule has 0 aliphatic heterocycles. The number of carbonyl (C=O) groups excluding carboxylic acids is 2. The largest absolute Gasteiger partial charge is 0.488 e. The van der Waals surface area contributed by atoms with E-state index in [2.05, 4.69) is 76.1 Å². The summed E-state index contributed by atoms with van der Waals surface area (Å²) < 4.78 is 18.8. The average molecular weight is 901 g/mol. The summed E-state index contributed by atoms with van der Waals surface area (Å²) in [7, 11) is 2.26. The summed E-state index contributed by atoms with van der Waals surface area (Å²) in [6.45, 7) is 14.5. The lowest BCUT2D eigenvalue weighted by molar-refractivity contribution is 0.111. The highest BCUT2D eigenvalue weighted by molar-refractivity contribution is 7.14. The van der Waals surface area contributed by atoms with Gasteiger partial charge in [0.2, 0.25) is 0 Å². The van der Waals surface area contributed by atoms with E-state index in [0.29, 0.717) is 31.2 Å². The Hall–Kier alpha value is -5.56. The van der Waals surface area contributed by atoms with Crippen molar-refractivity contribution in [1.82, 2.24) is 0 Å². The van der Waals surface area contributed by atoms with Crippen LogP contribution in [0.4, 0.5) is 11.4 Å². The molecule has 0 fully saturated rings. The first kappa shape index (κ1) is 48.5. The summed E-state index contributed by atoms with van der Waals surface area (Å²) in [4.78, 5) is 29.5. The van der Waals surface area contributed by atoms with Crippen molar-refractivity contribution in [3.8, 4) is 11.5 Å². The Morgan fingerprint density at radius 1 is 0.587 bits per heavy atom. The highest BCUT2D eigenvalue weighted by atomic mass is 32.1. The molecule has 11 heteroatoms. The van der Waals surface area contributed by atoms with Gasteiger partial charge in [-0.05, 0) is 102 Å². The molecule has 8 nitrogen and oxygen atoms in total. The summed E-state index contributed by atoms with van der Waals surface area (Å²) in [5.41, 5.74) is 6.24. The van der Waals surface area contributed by atoms with E-state index in [1.54, 1.807) is 0 Å². The molecule has 0 aliphatic rings. The van der Waals surface area contributed by atoms with E-state index in [9.17, 15) is 14.7 Å².